The van der Waals surface area contributed by atoms with Crippen molar-refractivity contribution in [2.45, 2.75) is 19.8 Å². The van der Waals surface area contributed by atoms with Crippen LogP contribution in [-0.2, 0) is 9.53 Å². The number of rotatable bonds is 5. The Kier molecular flexibility index (Phi) is 5.27. The summed E-state index contributed by atoms with van der Waals surface area (Å²) in [4.78, 5) is 26.3. The Balaban J connectivity index is 1.85. The molecule has 1 aliphatic heterocycles. The van der Waals surface area contributed by atoms with Crippen molar-refractivity contribution in [1.82, 2.24) is 14.7 Å². The van der Waals surface area contributed by atoms with Gasteiger partial charge in [-0.2, -0.15) is 5.10 Å². The molecule has 7 nitrogen and oxygen atoms in total. The number of aliphatic carboxylic acids is 1. The number of carboxylic acids is 1. The zero-order chi connectivity index (χ0) is 19.6. The number of carboxylic acid groups (broad SMARTS) is 1. The zero-order valence-electron chi connectivity index (χ0n) is 15.3. The predicted octanol–water partition coefficient (Wildman–Crippen LogP) is 2.27. The second-order valence-electron chi connectivity index (χ2n) is 6.93. The topological polar surface area (TPSA) is 84.7 Å². The Morgan fingerprint density at radius 3 is 2.67 bits per heavy atom. The number of ether oxygens (including phenoxy) is 1. The summed E-state index contributed by atoms with van der Waals surface area (Å²) in [7, 11) is 1.46. The number of carbonyl (C=O) groups excluding carboxylic acids is 1. The highest BCUT2D eigenvalue weighted by atomic mass is 19.1. The molecule has 0 saturated carbocycles. The van der Waals surface area contributed by atoms with Crippen LogP contribution < -0.4 is 0 Å². The molecule has 1 fully saturated rings. The van der Waals surface area contributed by atoms with Crippen LogP contribution in [-0.4, -0.2) is 58.5 Å². The maximum absolute atomic E-state index is 13.1. The molecule has 1 saturated heterocycles. The van der Waals surface area contributed by atoms with E-state index in [0.29, 0.717) is 30.6 Å². The van der Waals surface area contributed by atoms with Crippen LogP contribution in [0.4, 0.5) is 4.39 Å². The van der Waals surface area contributed by atoms with Crippen molar-refractivity contribution in [1.29, 1.82) is 0 Å². The van der Waals surface area contributed by atoms with Gasteiger partial charge in [0.2, 0.25) is 0 Å². The molecule has 8 heteroatoms. The summed E-state index contributed by atoms with van der Waals surface area (Å²) in [6.45, 7) is 2.37. The number of likely N-dealkylation sites (tertiary alicyclic amines) is 1. The van der Waals surface area contributed by atoms with E-state index in [0.717, 1.165) is 0 Å². The zero-order valence-corrected chi connectivity index (χ0v) is 15.3. The number of halogens is 1. The van der Waals surface area contributed by atoms with Crippen molar-refractivity contribution >= 4 is 11.9 Å². The summed E-state index contributed by atoms with van der Waals surface area (Å²) >= 11 is 0. The summed E-state index contributed by atoms with van der Waals surface area (Å²) in [5, 5.41) is 14.0. The molecule has 1 aromatic heterocycles. The van der Waals surface area contributed by atoms with E-state index in [4.69, 9.17) is 4.74 Å². The number of methoxy groups -OCH3 is 1. The lowest BCUT2D eigenvalue weighted by atomic mass is 9.80. The molecule has 1 atom stereocenters. The average Bonchev–Trinajstić information content (AvgIpc) is 3.03. The van der Waals surface area contributed by atoms with Crippen LogP contribution in [0.1, 0.15) is 28.9 Å². The number of amides is 1. The van der Waals surface area contributed by atoms with Gasteiger partial charge in [-0.15, -0.1) is 0 Å². The standard InChI is InChI=1S/C19H22FN3O4/c1-13-10-23(15-6-4-14(20)5-7-15)21-16(13)17(24)22-9-3-8-19(11-22,12-27-2)18(25)26/h4-7,10H,3,8-9,11-12H2,1-2H3,(H,25,26). The number of hydrogen-bond donors (Lipinski definition) is 1. The van der Waals surface area contributed by atoms with E-state index in [2.05, 4.69) is 5.10 Å². The summed E-state index contributed by atoms with van der Waals surface area (Å²) in [6.07, 6.45) is 2.74. The summed E-state index contributed by atoms with van der Waals surface area (Å²) in [6, 6.07) is 5.80. The first-order valence-corrected chi connectivity index (χ1v) is 8.70. The minimum absolute atomic E-state index is 0.0507. The van der Waals surface area contributed by atoms with Gasteiger partial charge in [0.15, 0.2) is 5.69 Å². The number of benzene rings is 1. The molecule has 1 amide bonds. The van der Waals surface area contributed by atoms with Crippen LogP contribution in [0.2, 0.25) is 0 Å². The second-order valence-corrected chi connectivity index (χ2v) is 6.93. The quantitative estimate of drug-likeness (QED) is 0.867. The molecule has 2 aromatic rings. The van der Waals surface area contributed by atoms with Crippen LogP contribution in [0.25, 0.3) is 5.69 Å². The molecule has 1 unspecified atom stereocenters. The first-order valence-electron chi connectivity index (χ1n) is 8.70. The largest absolute Gasteiger partial charge is 0.481 e. The van der Waals surface area contributed by atoms with E-state index in [1.807, 2.05) is 0 Å². The van der Waals surface area contributed by atoms with Crippen LogP contribution >= 0.6 is 0 Å². The van der Waals surface area contributed by atoms with Gasteiger partial charge in [0.1, 0.15) is 11.2 Å². The lowest BCUT2D eigenvalue weighted by Crippen LogP contribution is -2.52. The number of aromatic nitrogens is 2. The molecule has 0 radical (unpaired) electrons. The molecular weight excluding hydrogens is 353 g/mol. The van der Waals surface area contributed by atoms with Gasteiger partial charge in [-0.3, -0.25) is 9.59 Å². The van der Waals surface area contributed by atoms with Crippen molar-refractivity contribution in [2.75, 3.05) is 26.8 Å². The van der Waals surface area contributed by atoms with E-state index in [-0.39, 0.29) is 30.6 Å². The molecule has 144 valence electrons. The van der Waals surface area contributed by atoms with Crippen LogP contribution in [0, 0.1) is 18.2 Å². The fourth-order valence-corrected chi connectivity index (χ4v) is 3.48. The van der Waals surface area contributed by atoms with E-state index in [9.17, 15) is 19.1 Å². The summed E-state index contributed by atoms with van der Waals surface area (Å²) in [5.41, 5.74) is 0.466. The maximum Gasteiger partial charge on any atom is 0.313 e. The smallest absolute Gasteiger partial charge is 0.313 e. The van der Waals surface area contributed by atoms with Gasteiger partial charge in [-0.1, -0.05) is 0 Å². The number of piperidine rings is 1. The summed E-state index contributed by atoms with van der Waals surface area (Å²) in [5.74, 6) is -1.62. The Hall–Kier alpha value is -2.74. The van der Waals surface area contributed by atoms with Gasteiger partial charge in [0.05, 0.1) is 12.3 Å². The maximum atomic E-state index is 13.1. The van der Waals surface area contributed by atoms with Gasteiger partial charge < -0.3 is 14.7 Å². The average molecular weight is 375 g/mol. The van der Waals surface area contributed by atoms with Gasteiger partial charge in [0.25, 0.3) is 5.91 Å². The highest BCUT2D eigenvalue weighted by molar-refractivity contribution is 5.94. The first-order chi connectivity index (χ1) is 12.9. The van der Waals surface area contributed by atoms with Gasteiger partial charge >= 0.3 is 5.97 Å². The van der Waals surface area contributed by atoms with E-state index in [1.54, 1.807) is 25.3 Å². The van der Waals surface area contributed by atoms with Crippen LogP contribution in [0.3, 0.4) is 0 Å². The Labute approximate surface area is 156 Å². The highest BCUT2D eigenvalue weighted by Gasteiger charge is 2.44. The van der Waals surface area contributed by atoms with Crippen molar-refractivity contribution in [3.63, 3.8) is 0 Å². The van der Waals surface area contributed by atoms with Gasteiger partial charge in [-0.25, -0.2) is 9.07 Å². The lowest BCUT2D eigenvalue weighted by Gasteiger charge is -2.39. The van der Waals surface area contributed by atoms with E-state index >= 15 is 0 Å². The number of hydrogen-bond acceptors (Lipinski definition) is 4. The Bertz CT molecular complexity index is 845. The SMILES string of the molecule is COCC1(C(=O)O)CCCN(C(=O)c2nn(-c3ccc(F)cc3)cc2C)C1. The molecule has 0 bridgehead atoms. The predicted molar refractivity (Wildman–Crippen MR) is 95.3 cm³/mol. The van der Waals surface area contributed by atoms with Crippen molar-refractivity contribution in [3.8, 4) is 5.69 Å². The number of carbonyl (C=O) groups is 2. The highest BCUT2D eigenvalue weighted by Crippen LogP contribution is 2.31. The fraction of sp³-hybridized carbons (Fsp3) is 0.421. The Morgan fingerprint density at radius 2 is 2.04 bits per heavy atom. The summed E-state index contributed by atoms with van der Waals surface area (Å²) < 4.78 is 19.7. The molecule has 27 heavy (non-hydrogen) atoms. The lowest BCUT2D eigenvalue weighted by molar-refractivity contribution is -0.155. The molecule has 1 aliphatic rings. The minimum Gasteiger partial charge on any atom is -0.481 e. The van der Waals surface area contributed by atoms with E-state index in [1.165, 1.54) is 28.8 Å². The molecule has 0 aliphatic carbocycles. The van der Waals surface area contributed by atoms with Crippen LogP contribution in [0.15, 0.2) is 30.5 Å². The number of aryl methyl sites for hydroxylation is 1. The molecule has 1 aromatic carbocycles. The van der Waals surface area contributed by atoms with Gasteiger partial charge in [0, 0.05) is 32.0 Å². The normalized spacial score (nSPS) is 19.9. The van der Waals surface area contributed by atoms with Crippen molar-refractivity contribution < 1.29 is 23.8 Å². The fourth-order valence-electron chi connectivity index (χ4n) is 3.48. The van der Waals surface area contributed by atoms with Crippen molar-refractivity contribution in [3.05, 3.63) is 47.5 Å². The third kappa shape index (κ3) is 3.71. The first kappa shape index (κ1) is 19.0. The molecule has 1 N–H and O–H groups in total. The van der Waals surface area contributed by atoms with E-state index < -0.39 is 11.4 Å². The third-order valence-electron chi connectivity index (χ3n) is 4.93. The van der Waals surface area contributed by atoms with Crippen LogP contribution in [0.5, 0.6) is 0 Å². The third-order valence-corrected chi connectivity index (χ3v) is 4.93. The molecule has 0 spiro atoms. The monoisotopic (exact) mass is 375 g/mol. The molecular formula is C19H22FN3O4. The van der Waals surface area contributed by atoms with Crippen molar-refractivity contribution in [2.24, 2.45) is 5.41 Å². The van der Waals surface area contributed by atoms with Gasteiger partial charge in [-0.05, 0) is 44.0 Å². The minimum atomic E-state index is -1.10. The Morgan fingerprint density at radius 1 is 1.33 bits per heavy atom. The second kappa shape index (κ2) is 7.48. The molecule has 3 rings (SSSR count). The number of nitrogens with zero attached hydrogens (tertiary/aromatic N) is 3. The molecule has 2 heterocycles.